The Morgan fingerprint density at radius 1 is 1.38 bits per heavy atom. The molecule has 2 aliphatic heterocycles. The zero-order valence-electron chi connectivity index (χ0n) is 17.4. The molecule has 0 saturated carbocycles. The van der Waals surface area contributed by atoms with Gasteiger partial charge in [-0.05, 0) is 24.4 Å². The number of nitrogens with zero attached hydrogens (tertiary/aromatic N) is 3. The highest BCUT2D eigenvalue weighted by Gasteiger charge is 2.31. The molecule has 0 aliphatic carbocycles. The van der Waals surface area contributed by atoms with Crippen molar-refractivity contribution in [2.24, 2.45) is 0 Å². The molecule has 1 aromatic rings. The molecule has 2 fully saturated rings. The first-order chi connectivity index (χ1) is 15.4. The summed E-state index contributed by atoms with van der Waals surface area (Å²) in [7, 11) is 1.42. The number of amides is 1. The molecule has 10 nitrogen and oxygen atoms in total. The van der Waals surface area contributed by atoms with E-state index in [4.69, 9.17) is 26.8 Å². The summed E-state index contributed by atoms with van der Waals surface area (Å²) in [5.74, 6) is -2.05. The maximum absolute atomic E-state index is 15.0. The maximum atomic E-state index is 15.0. The third-order valence-corrected chi connectivity index (χ3v) is 5.36. The first-order valence-corrected chi connectivity index (χ1v) is 10.3. The van der Waals surface area contributed by atoms with Crippen LogP contribution in [0.3, 0.4) is 0 Å². The van der Waals surface area contributed by atoms with Crippen LogP contribution in [-0.4, -0.2) is 85.4 Å². The van der Waals surface area contributed by atoms with Crippen LogP contribution in [0.4, 0.5) is 20.2 Å². The van der Waals surface area contributed by atoms with E-state index in [1.165, 1.54) is 21.9 Å². The first kappa shape index (κ1) is 23.8. The molecular formula is C19H25F2N5O5S. The molecule has 32 heavy (non-hydrogen) atoms. The van der Waals surface area contributed by atoms with Gasteiger partial charge in [0.25, 0.3) is 11.1 Å². The summed E-state index contributed by atoms with van der Waals surface area (Å²) in [4.78, 5) is 14.6. The van der Waals surface area contributed by atoms with Gasteiger partial charge in [0.15, 0.2) is 11.6 Å². The van der Waals surface area contributed by atoms with Crippen LogP contribution in [0.1, 0.15) is 0 Å². The van der Waals surface area contributed by atoms with Crippen LogP contribution >= 0.6 is 12.2 Å². The predicted octanol–water partition coefficient (Wildman–Crippen LogP) is 0.193. The zero-order chi connectivity index (χ0) is 23.3. The molecule has 1 aromatic carbocycles. The Kier molecular flexibility index (Phi) is 7.88. The summed E-state index contributed by atoms with van der Waals surface area (Å²) in [5, 5.41) is 22.7. The van der Waals surface area contributed by atoms with E-state index in [-0.39, 0.29) is 61.7 Å². The SMILES string of the molecule is COC(=S)NC[C@H]1CN(c2cc(F)c(N3CCNN(C(=O)CO)CC3)c(F)c2)/C(=C/O)O1. The summed E-state index contributed by atoms with van der Waals surface area (Å²) in [6, 6.07) is 2.33. The van der Waals surface area contributed by atoms with Gasteiger partial charge >= 0.3 is 0 Å². The summed E-state index contributed by atoms with van der Waals surface area (Å²) in [5.41, 5.74) is 2.78. The van der Waals surface area contributed by atoms with Crippen molar-refractivity contribution < 1.29 is 33.3 Å². The Morgan fingerprint density at radius 2 is 2.09 bits per heavy atom. The molecule has 2 aliphatic rings. The molecule has 0 aromatic heterocycles. The molecule has 1 amide bonds. The van der Waals surface area contributed by atoms with Gasteiger partial charge in [0, 0.05) is 19.6 Å². The van der Waals surface area contributed by atoms with Crippen LogP contribution in [0, 0.1) is 11.6 Å². The van der Waals surface area contributed by atoms with E-state index in [2.05, 4.69) is 10.7 Å². The second-order valence-corrected chi connectivity index (χ2v) is 7.42. The molecule has 0 unspecified atom stereocenters. The molecule has 0 bridgehead atoms. The number of thiocarbonyl (C=S) groups is 1. The Labute approximate surface area is 188 Å². The van der Waals surface area contributed by atoms with Crippen LogP contribution in [-0.2, 0) is 14.3 Å². The normalized spacial score (nSPS) is 20.2. The number of methoxy groups -OCH3 is 1. The lowest BCUT2D eigenvalue weighted by atomic mass is 10.2. The topological polar surface area (TPSA) is 110 Å². The number of hydrogen-bond donors (Lipinski definition) is 4. The molecule has 2 heterocycles. The highest BCUT2D eigenvalue weighted by molar-refractivity contribution is 7.80. The third-order valence-electron chi connectivity index (χ3n) is 5.05. The van der Waals surface area contributed by atoms with Gasteiger partial charge in [0.05, 0.1) is 32.4 Å². The zero-order valence-corrected chi connectivity index (χ0v) is 18.2. The number of nitrogens with one attached hydrogen (secondary N) is 2. The van der Waals surface area contributed by atoms with E-state index < -0.39 is 30.3 Å². The highest BCUT2D eigenvalue weighted by Crippen LogP contribution is 2.33. The number of rotatable bonds is 5. The minimum absolute atomic E-state index is 0.0452. The van der Waals surface area contributed by atoms with Gasteiger partial charge in [-0.25, -0.2) is 14.2 Å². The molecule has 3 rings (SSSR count). The number of aliphatic hydroxyl groups is 2. The Hall–Kier alpha value is -2.90. The van der Waals surface area contributed by atoms with Gasteiger partial charge < -0.3 is 34.8 Å². The number of hydrazine groups is 1. The van der Waals surface area contributed by atoms with Gasteiger partial charge in [-0.2, -0.15) is 0 Å². The fourth-order valence-corrected chi connectivity index (χ4v) is 3.62. The van der Waals surface area contributed by atoms with Gasteiger partial charge in [-0.3, -0.25) is 9.80 Å². The summed E-state index contributed by atoms with van der Waals surface area (Å²) >= 11 is 4.91. The number of ether oxygens (including phenoxy) is 2. The van der Waals surface area contributed by atoms with Gasteiger partial charge in [-0.1, -0.05) is 0 Å². The largest absolute Gasteiger partial charge is 0.510 e. The van der Waals surface area contributed by atoms with E-state index in [9.17, 15) is 9.90 Å². The van der Waals surface area contributed by atoms with Gasteiger partial charge in [0.1, 0.15) is 24.7 Å². The quantitative estimate of drug-likeness (QED) is 0.350. The van der Waals surface area contributed by atoms with Crippen molar-refractivity contribution in [3.63, 3.8) is 0 Å². The predicted molar refractivity (Wildman–Crippen MR) is 116 cm³/mol. The molecular weight excluding hydrogens is 448 g/mol. The fourth-order valence-electron chi connectivity index (χ4n) is 3.54. The van der Waals surface area contributed by atoms with E-state index in [0.717, 1.165) is 18.4 Å². The van der Waals surface area contributed by atoms with E-state index >= 15 is 8.78 Å². The van der Waals surface area contributed by atoms with Crippen molar-refractivity contribution in [1.29, 1.82) is 0 Å². The van der Waals surface area contributed by atoms with Crippen molar-refractivity contribution in [2.45, 2.75) is 6.10 Å². The van der Waals surface area contributed by atoms with Gasteiger partial charge in [0.2, 0.25) is 5.88 Å². The lowest BCUT2D eigenvalue weighted by Gasteiger charge is -2.25. The summed E-state index contributed by atoms with van der Waals surface area (Å²) in [6.45, 7) is 0.676. The average molecular weight is 474 g/mol. The standard InChI is InChI=1S/C19H25F2N5O5S/c1-30-19(32)22-8-13-9-25(17(11-28)31-13)12-6-14(20)18(15(21)7-12)24-3-2-23-26(5-4-24)16(29)10-27/h6-7,11,13,23,27-28H,2-5,8-10H2,1H3,(H,22,32)/b17-11-/t13-/m0/s1. The lowest BCUT2D eigenvalue weighted by molar-refractivity contribution is -0.136. The first-order valence-electron chi connectivity index (χ1n) is 9.87. The number of anilines is 2. The molecule has 2 saturated heterocycles. The summed E-state index contributed by atoms with van der Waals surface area (Å²) < 4.78 is 40.5. The number of hydrogen-bond acceptors (Lipinski definition) is 9. The molecule has 13 heteroatoms. The van der Waals surface area contributed by atoms with Crippen molar-refractivity contribution in [3.05, 3.63) is 35.9 Å². The van der Waals surface area contributed by atoms with E-state index in [1.807, 2.05) is 0 Å². The second-order valence-electron chi connectivity index (χ2n) is 7.05. The molecule has 176 valence electrons. The number of carbonyl (C=O) groups is 1. The number of aliphatic hydroxyl groups excluding tert-OH is 2. The van der Waals surface area contributed by atoms with Crippen LogP contribution in [0.2, 0.25) is 0 Å². The summed E-state index contributed by atoms with van der Waals surface area (Å²) in [6.07, 6.45) is 0.282. The Bertz CT molecular complexity index is 867. The lowest BCUT2D eigenvalue weighted by Crippen LogP contribution is -2.45. The van der Waals surface area contributed by atoms with Crippen LogP contribution in [0.25, 0.3) is 0 Å². The van der Waals surface area contributed by atoms with Gasteiger partial charge in [-0.15, -0.1) is 0 Å². The van der Waals surface area contributed by atoms with Crippen LogP contribution < -0.4 is 20.5 Å². The second kappa shape index (κ2) is 10.6. The minimum atomic E-state index is -0.790. The van der Waals surface area contributed by atoms with Crippen molar-refractivity contribution in [3.8, 4) is 0 Å². The third kappa shape index (κ3) is 5.29. The monoisotopic (exact) mass is 473 g/mol. The Balaban J connectivity index is 1.75. The van der Waals surface area contributed by atoms with Crippen molar-refractivity contribution in [1.82, 2.24) is 15.8 Å². The van der Waals surface area contributed by atoms with E-state index in [1.54, 1.807) is 0 Å². The average Bonchev–Trinajstić information content (AvgIpc) is 3.06. The van der Waals surface area contributed by atoms with Crippen molar-refractivity contribution in [2.75, 3.05) is 62.8 Å². The van der Waals surface area contributed by atoms with E-state index in [0.29, 0.717) is 0 Å². The fraction of sp³-hybridized carbons (Fsp3) is 0.474. The number of halogens is 2. The molecule has 1 atom stereocenters. The Morgan fingerprint density at radius 3 is 2.72 bits per heavy atom. The number of carbonyl (C=O) groups excluding carboxylic acids is 1. The number of benzene rings is 1. The minimum Gasteiger partial charge on any atom is -0.510 e. The van der Waals surface area contributed by atoms with Crippen LogP contribution in [0.15, 0.2) is 24.3 Å². The molecule has 0 radical (unpaired) electrons. The molecule has 0 spiro atoms. The smallest absolute Gasteiger partial charge is 0.262 e. The van der Waals surface area contributed by atoms with Crippen molar-refractivity contribution >= 4 is 34.7 Å². The maximum Gasteiger partial charge on any atom is 0.262 e. The highest BCUT2D eigenvalue weighted by atomic mass is 32.1. The van der Waals surface area contributed by atoms with Crippen LogP contribution in [0.5, 0.6) is 0 Å². The molecule has 4 N–H and O–H groups in total.